The molecule has 0 bridgehead atoms. The highest BCUT2D eigenvalue weighted by Crippen LogP contribution is 2.21. The summed E-state index contributed by atoms with van der Waals surface area (Å²) in [6, 6.07) is 12.0. The molecule has 172 valence electrons. The topological polar surface area (TPSA) is 71.3 Å². The minimum absolute atomic E-state index is 0.0158. The summed E-state index contributed by atoms with van der Waals surface area (Å²) < 4.78 is 1.35. The Balaban J connectivity index is 1.33. The largest absolute Gasteiger partial charge is 0.341 e. The van der Waals surface area contributed by atoms with Crippen LogP contribution in [0.15, 0.2) is 53.6 Å². The average Bonchev–Trinajstić information content (AvgIpc) is 2.88. The third kappa shape index (κ3) is 4.83. The van der Waals surface area contributed by atoms with Crippen molar-refractivity contribution < 1.29 is 4.79 Å². The lowest BCUT2D eigenvalue weighted by molar-refractivity contribution is -0.133. The van der Waals surface area contributed by atoms with Crippen LogP contribution in [0, 0.1) is 0 Å². The van der Waals surface area contributed by atoms with Gasteiger partial charge in [-0.1, -0.05) is 30.7 Å². The molecule has 7 heteroatoms. The van der Waals surface area contributed by atoms with Gasteiger partial charge in [0.1, 0.15) is 6.54 Å². The third-order valence-electron chi connectivity index (χ3n) is 7.05. The molecular weight excluding hydrogens is 414 g/mol. The molecular formula is C26H31N5O2. The molecule has 7 nitrogen and oxygen atoms in total. The Bertz CT molecular complexity index is 1160. The van der Waals surface area contributed by atoms with E-state index in [-0.39, 0.29) is 18.0 Å². The molecule has 2 aliphatic rings. The molecule has 3 aromatic rings. The first-order chi connectivity index (χ1) is 16.2. The standard InChI is InChI=1S/C26H31N5O2/c32-25(30-15-10-21(11-16-30)29-13-4-1-5-14-29)19-31-26(33)23-9-3-2-8-22(23)24(28-31)17-20-7-6-12-27-18-20/h2-3,6-9,12,18,21H,1,4-5,10-11,13-17,19H2. The van der Waals surface area contributed by atoms with Gasteiger partial charge in [-0.3, -0.25) is 14.6 Å². The fraction of sp³-hybridized carbons (Fsp3) is 0.462. The van der Waals surface area contributed by atoms with Crippen molar-refractivity contribution in [2.75, 3.05) is 26.2 Å². The molecule has 0 unspecified atom stereocenters. The molecule has 0 spiro atoms. The summed E-state index contributed by atoms with van der Waals surface area (Å²) in [7, 11) is 0. The average molecular weight is 446 g/mol. The summed E-state index contributed by atoms with van der Waals surface area (Å²) in [5.41, 5.74) is 1.60. The Labute approximate surface area is 194 Å². The van der Waals surface area contributed by atoms with Crippen LogP contribution in [0.5, 0.6) is 0 Å². The zero-order chi connectivity index (χ0) is 22.6. The molecule has 0 aliphatic carbocycles. The number of nitrogens with zero attached hydrogens (tertiary/aromatic N) is 5. The smallest absolute Gasteiger partial charge is 0.275 e. The van der Waals surface area contributed by atoms with Crippen molar-refractivity contribution in [3.05, 3.63) is 70.4 Å². The molecule has 2 aliphatic heterocycles. The molecule has 1 amide bonds. The molecule has 0 radical (unpaired) electrons. The van der Waals surface area contributed by atoms with Gasteiger partial charge in [0.05, 0.1) is 11.1 Å². The van der Waals surface area contributed by atoms with Crippen molar-refractivity contribution in [3.63, 3.8) is 0 Å². The third-order valence-corrected chi connectivity index (χ3v) is 7.05. The molecule has 0 saturated carbocycles. The van der Waals surface area contributed by atoms with E-state index in [4.69, 9.17) is 0 Å². The van der Waals surface area contributed by atoms with Gasteiger partial charge in [0.25, 0.3) is 5.56 Å². The minimum Gasteiger partial charge on any atom is -0.341 e. The molecule has 0 N–H and O–H groups in total. The Hall–Kier alpha value is -3.06. The Morgan fingerprint density at radius 2 is 1.70 bits per heavy atom. The second-order valence-electron chi connectivity index (χ2n) is 9.20. The number of hydrogen-bond donors (Lipinski definition) is 0. The highest BCUT2D eigenvalue weighted by molar-refractivity contribution is 5.84. The zero-order valence-corrected chi connectivity index (χ0v) is 19.0. The molecule has 33 heavy (non-hydrogen) atoms. The fourth-order valence-electron chi connectivity index (χ4n) is 5.23. The predicted molar refractivity (Wildman–Crippen MR) is 128 cm³/mol. The van der Waals surface area contributed by atoms with Gasteiger partial charge in [-0.15, -0.1) is 0 Å². The fourth-order valence-corrected chi connectivity index (χ4v) is 5.23. The number of hydrogen-bond acceptors (Lipinski definition) is 5. The van der Waals surface area contributed by atoms with Gasteiger partial charge in [0, 0.05) is 43.3 Å². The lowest BCUT2D eigenvalue weighted by atomic mass is 10.00. The predicted octanol–water partition coefficient (Wildman–Crippen LogP) is 2.86. The van der Waals surface area contributed by atoms with Crippen molar-refractivity contribution in [1.29, 1.82) is 0 Å². The number of fused-ring (bicyclic) bond motifs is 1. The summed E-state index contributed by atoms with van der Waals surface area (Å²) in [4.78, 5) is 34.9. The van der Waals surface area contributed by atoms with Gasteiger partial charge in [-0.25, -0.2) is 4.68 Å². The Morgan fingerprint density at radius 3 is 2.42 bits per heavy atom. The summed E-state index contributed by atoms with van der Waals surface area (Å²) in [5, 5.41) is 6.07. The van der Waals surface area contributed by atoms with E-state index in [1.807, 2.05) is 47.5 Å². The first kappa shape index (κ1) is 21.8. The maximum atomic E-state index is 13.1. The monoisotopic (exact) mass is 445 g/mol. The van der Waals surface area contributed by atoms with Gasteiger partial charge in [-0.2, -0.15) is 5.10 Å². The van der Waals surface area contributed by atoms with E-state index in [1.165, 1.54) is 37.0 Å². The van der Waals surface area contributed by atoms with Gasteiger partial charge in [0.15, 0.2) is 0 Å². The number of benzene rings is 1. The van der Waals surface area contributed by atoms with Crippen LogP contribution in [0.4, 0.5) is 0 Å². The molecule has 2 aromatic heterocycles. The summed E-state index contributed by atoms with van der Waals surface area (Å²) >= 11 is 0. The van der Waals surface area contributed by atoms with Gasteiger partial charge >= 0.3 is 0 Å². The van der Waals surface area contributed by atoms with Crippen molar-refractivity contribution in [2.45, 2.75) is 51.1 Å². The van der Waals surface area contributed by atoms with Gasteiger partial charge in [-0.05, 0) is 56.5 Å². The number of rotatable bonds is 5. The first-order valence-corrected chi connectivity index (χ1v) is 12.1. The molecule has 0 atom stereocenters. The van der Waals surface area contributed by atoms with E-state index < -0.39 is 0 Å². The van der Waals surface area contributed by atoms with Crippen LogP contribution in [-0.2, 0) is 17.8 Å². The van der Waals surface area contributed by atoms with E-state index in [1.54, 1.807) is 6.20 Å². The number of piperidine rings is 2. The molecule has 1 aromatic carbocycles. The van der Waals surface area contributed by atoms with Crippen molar-refractivity contribution >= 4 is 16.7 Å². The SMILES string of the molecule is O=C(Cn1nc(Cc2cccnc2)c2ccccc2c1=O)N1CCC(N2CCCCC2)CC1. The maximum Gasteiger partial charge on any atom is 0.275 e. The van der Waals surface area contributed by atoms with Crippen molar-refractivity contribution in [2.24, 2.45) is 0 Å². The van der Waals surface area contributed by atoms with Gasteiger partial charge in [0.2, 0.25) is 5.91 Å². The lowest BCUT2D eigenvalue weighted by Gasteiger charge is -2.40. The van der Waals surface area contributed by atoms with Crippen LogP contribution in [0.3, 0.4) is 0 Å². The van der Waals surface area contributed by atoms with E-state index in [9.17, 15) is 9.59 Å². The van der Waals surface area contributed by atoms with E-state index >= 15 is 0 Å². The molecule has 2 fully saturated rings. The van der Waals surface area contributed by atoms with Crippen LogP contribution >= 0.6 is 0 Å². The minimum atomic E-state index is -0.211. The lowest BCUT2D eigenvalue weighted by Crippen LogP contribution is -2.49. The number of pyridine rings is 1. The second kappa shape index (κ2) is 9.83. The maximum absolute atomic E-state index is 13.1. The number of carbonyl (C=O) groups is 1. The second-order valence-corrected chi connectivity index (χ2v) is 9.20. The van der Waals surface area contributed by atoms with E-state index in [0.29, 0.717) is 17.8 Å². The van der Waals surface area contributed by atoms with Gasteiger partial charge < -0.3 is 9.80 Å². The van der Waals surface area contributed by atoms with E-state index in [2.05, 4.69) is 15.0 Å². The zero-order valence-electron chi connectivity index (χ0n) is 19.0. The van der Waals surface area contributed by atoms with Crippen LogP contribution < -0.4 is 5.56 Å². The molecule has 2 saturated heterocycles. The highest BCUT2D eigenvalue weighted by Gasteiger charge is 2.28. The summed E-state index contributed by atoms with van der Waals surface area (Å²) in [6.07, 6.45) is 10.0. The first-order valence-electron chi connectivity index (χ1n) is 12.1. The number of aromatic nitrogens is 3. The van der Waals surface area contributed by atoms with Crippen molar-refractivity contribution in [3.8, 4) is 0 Å². The van der Waals surface area contributed by atoms with Crippen LogP contribution in [0.2, 0.25) is 0 Å². The molecule has 4 heterocycles. The Morgan fingerprint density at radius 1 is 0.939 bits per heavy atom. The van der Waals surface area contributed by atoms with E-state index in [0.717, 1.165) is 42.6 Å². The van der Waals surface area contributed by atoms with Crippen LogP contribution in [0.25, 0.3) is 10.8 Å². The van der Waals surface area contributed by atoms with Crippen LogP contribution in [0.1, 0.15) is 43.4 Å². The van der Waals surface area contributed by atoms with Crippen LogP contribution in [-0.4, -0.2) is 62.7 Å². The summed E-state index contributed by atoms with van der Waals surface area (Å²) in [5.74, 6) is -0.0238. The summed E-state index contributed by atoms with van der Waals surface area (Å²) in [6.45, 7) is 3.87. The number of amides is 1. The van der Waals surface area contributed by atoms with Crippen molar-refractivity contribution in [1.82, 2.24) is 24.6 Å². The normalized spacial score (nSPS) is 18.0. The highest BCUT2D eigenvalue weighted by atomic mass is 16.2. The number of likely N-dealkylation sites (tertiary alicyclic amines) is 2. The number of carbonyl (C=O) groups excluding carboxylic acids is 1. The quantitative estimate of drug-likeness (QED) is 0.604. The Kier molecular flexibility index (Phi) is 6.48. The molecule has 5 rings (SSSR count).